The Morgan fingerprint density at radius 2 is 1.85 bits per heavy atom. The second-order valence-electron chi connectivity index (χ2n) is 3.45. The van der Waals surface area contributed by atoms with Crippen LogP contribution in [0.4, 0.5) is 0 Å². The van der Waals surface area contributed by atoms with Crippen molar-refractivity contribution in [2.45, 2.75) is 37.1 Å². The fourth-order valence-electron chi connectivity index (χ4n) is 1.36. The highest BCUT2D eigenvalue weighted by Crippen LogP contribution is 2.25. The fraction of sp³-hybridized carbons (Fsp3) is 1.00. The molecule has 0 aromatic carbocycles. The highest BCUT2D eigenvalue weighted by atomic mass is 16.6. The first kappa shape index (κ1) is 10.8. The number of aliphatic hydroxyl groups excluding tert-OH is 4. The Bertz CT molecular complexity index is 184. The van der Waals surface area contributed by atoms with E-state index in [1.165, 1.54) is 6.92 Å². The van der Waals surface area contributed by atoms with E-state index < -0.39 is 36.7 Å². The monoisotopic (exact) mass is 193 g/mol. The lowest BCUT2D eigenvalue weighted by molar-refractivity contribution is -0.266. The summed E-state index contributed by atoms with van der Waals surface area (Å²) in [5.74, 6) is 0. The van der Waals surface area contributed by atoms with Gasteiger partial charge < -0.3 is 30.9 Å². The molecule has 0 amide bonds. The highest BCUT2D eigenvalue weighted by Gasteiger charge is 2.48. The van der Waals surface area contributed by atoms with Crippen molar-refractivity contribution in [3.8, 4) is 0 Å². The van der Waals surface area contributed by atoms with Gasteiger partial charge in [0, 0.05) is 0 Å². The third-order valence-electron chi connectivity index (χ3n) is 2.23. The van der Waals surface area contributed by atoms with Crippen molar-refractivity contribution in [2.24, 2.45) is 5.73 Å². The van der Waals surface area contributed by atoms with Gasteiger partial charge in [-0.3, -0.25) is 0 Å². The maximum atomic E-state index is 9.35. The summed E-state index contributed by atoms with van der Waals surface area (Å²) in [7, 11) is 0. The topological polar surface area (TPSA) is 116 Å². The minimum absolute atomic E-state index is 0.461. The van der Waals surface area contributed by atoms with Crippen LogP contribution < -0.4 is 5.73 Å². The average Bonchev–Trinajstić information content (AvgIpc) is 2.08. The van der Waals surface area contributed by atoms with E-state index in [0.717, 1.165) is 0 Å². The molecule has 13 heavy (non-hydrogen) atoms. The Kier molecular flexibility index (Phi) is 2.91. The zero-order valence-corrected chi connectivity index (χ0v) is 7.29. The standard InChI is InChI=1S/C7H15NO5/c1-7(8)6(12)5(11)4(10)3(2-9)13-7/h3-6,9-12H,2,8H2,1H3/t3-,4-,5+,6+,7-/m1/s1. The van der Waals surface area contributed by atoms with Gasteiger partial charge in [0.05, 0.1) is 6.61 Å². The largest absolute Gasteiger partial charge is 0.394 e. The highest BCUT2D eigenvalue weighted by molar-refractivity contribution is 4.96. The number of ether oxygens (including phenoxy) is 1. The van der Waals surface area contributed by atoms with E-state index in [1.54, 1.807) is 0 Å². The van der Waals surface area contributed by atoms with Crippen molar-refractivity contribution >= 4 is 0 Å². The molecule has 0 aromatic rings. The maximum absolute atomic E-state index is 9.35. The van der Waals surface area contributed by atoms with Gasteiger partial charge in [0.15, 0.2) is 0 Å². The number of nitrogens with two attached hydrogens (primary N) is 1. The number of aliphatic hydroxyl groups is 4. The normalized spacial score (nSPS) is 52.2. The van der Waals surface area contributed by atoms with E-state index in [2.05, 4.69) is 0 Å². The molecule has 0 bridgehead atoms. The molecule has 0 aromatic heterocycles. The van der Waals surface area contributed by atoms with Crippen LogP contribution in [0.25, 0.3) is 0 Å². The lowest BCUT2D eigenvalue weighted by atomic mass is 9.92. The quantitative estimate of drug-likeness (QED) is 0.306. The van der Waals surface area contributed by atoms with Crippen molar-refractivity contribution in [2.75, 3.05) is 6.61 Å². The van der Waals surface area contributed by atoms with Crippen molar-refractivity contribution in [3.05, 3.63) is 0 Å². The van der Waals surface area contributed by atoms with Gasteiger partial charge in [0.2, 0.25) is 0 Å². The molecule has 5 atom stereocenters. The van der Waals surface area contributed by atoms with Crippen molar-refractivity contribution < 1.29 is 25.2 Å². The molecule has 6 nitrogen and oxygen atoms in total. The minimum Gasteiger partial charge on any atom is -0.394 e. The summed E-state index contributed by atoms with van der Waals surface area (Å²) in [6.07, 6.45) is -5.06. The molecule has 0 saturated carbocycles. The van der Waals surface area contributed by atoms with Crippen LogP contribution in [0.2, 0.25) is 0 Å². The van der Waals surface area contributed by atoms with Gasteiger partial charge in [-0.15, -0.1) is 0 Å². The first-order valence-electron chi connectivity index (χ1n) is 4.02. The summed E-state index contributed by atoms with van der Waals surface area (Å²) in [5, 5.41) is 36.7. The van der Waals surface area contributed by atoms with Gasteiger partial charge in [-0.1, -0.05) is 0 Å². The zero-order valence-electron chi connectivity index (χ0n) is 7.29. The van der Waals surface area contributed by atoms with E-state index in [4.69, 9.17) is 15.6 Å². The van der Waals surface area contributed by atoms with E-state index in [0.29, 0.717) is 0 Å². The molecular formula is C7H15NO5. The molecule has 0 unspecified atom stereocenters. The van der Waals surface area contributed by atoms with E-state index in [1.807, 2.05) is 0 Å². The Morgan fingerprint density at radius 1 is 1.31 bits per heavy atom. The lowest BCUT2D eigenvalue weighted by Crippen LogP contribution is -2.67. The summed E-state index contributed by atoms with van der Waals surface area (Å²) in [6, 6.07) is 0. The molecule has 1 fully saturated rings. The van der Waals surface area contributed by atoms with Crippen molar-refractivity contribution in [3.63, 3.8) is 0 Å². The Hall–Kier alpha value is -0.240. The molecule has 0 spiro atoms. The van der Waals surface area contributed by atoms with Gasteiger partial charge in [-0.05, 0) is 6.92 Å². The SMILES string of the molecule is C[C@@]1(N)O[C@H](CO)[C@@H](O)[C@H](O)[C@@H]1O. The molecule has 0 aliphatic carbocycles. The van der Waals surface area contributed by atoms with Crippen LogP contribution in [0.1, 0.15) is 6.92 Å². The second kappa shape index (κ2) is 3.49. The van der Waals surface area contributed by atoms with Crippen LogP contribution in [0.15, 0.2) is 0 Å². The van der Waals surface area contributed by atoms with E-state index in [-0.39, 0.29) is 0 Å². The molecular weight excluding hydrogens is 178 g/mol. The smallest absolute Gasteiger partial charge is 0.143 e. The molecule has 78 valence electrons. The molecule has 1 aliphatic heterocycles. The van der Waals surface area contributed by atoms with Crippen LogP contribution in [-0.4, -0.2) is 57.2 Å². The molecule has 6 N–H and O–H groups in total. The van der Waals surface area contributed by atoms with Crippen LogP contribution in [0.5, 0.6) is 0 Å². The third-order valence-corrected chi connectivity index (χ3v) is 2.23. The van der Waals surface area contributed by atoms with E-state index >= 15 is 0 Å². The Morgan fingerprint density at radius 3 is 2.31 bits per heavy atom. The predicted octanol–water partition coefficient (Wildman–Crippen LogP) is -2.86. The molecule has 6 heteroatoms. The Balaban J connectivity index is 2.79. The first-order chi connectivity index (χ1) is 5.90. The van der Waals surface area contributed by atoms with Gasteiger partial charge in [0.1, 0.15) is 30.1 Å². The van der Waals surface area contributed by atoms with Crippen molar-refractivity contribution in [1.82, 2.24) is 0 Å². The molecule has 0 radical (unpaired) electrons. The van der Waals surface area contributed by atoms with Gasteiger partial charge in [0.25, 0.3) is 0 Å². The molecule has 1 saturated heterocycles. The van der Waals surface area contributed by atoms with Crippen LogP contribution >= 0.6 is 0 Å². The second-order valence-corrected chi connectivity index (χ2v) is 3.45. The van der Waals surface area contributed by atoms with Crippen LogP contribution in [0, 0.1) is 0 Å². The van der Waals surface area contributed by atoms with Crippen LogP contribution in [0.3, 0.4) is 0 Å². The molecule has 1 rings (SSSR count). The van der Waals surface area contributed by atoms with Gasteiger partial charge in [-0.2, -0.15) is 0 Å². The summed E-state index contributed by atoms with van der Waals surface area (Å²) in [4.78, 5) is 0. The summed E-state index contributed by atoms with van der Waals surface area (Å²) >= 11 is 0. The number of rotatable bonds is 1. The average molecular weight is 193 g/mol. The van der Waals surface area contributed by atoms with Gasteiger partial charge in [-0.25, -0.2) is 0 Å². The fourth-order valence-corrected chi connectivity index (χ4v) is 1.36. The van der Waals surface area contributed by atoms with E-state index in [9.17, 15) is 15.3 Å². The lowest BCUT2D eigenvalue weighted by Gasteiger charge is -2.44. The van der Waals surface area contributed by atoms with Crippen molar-refractivity contribution in [1.29, 1.82) is 0 Å². The molecule has 1 aliphatic rings. The summed E-state index contributed by atoms with van der Waals surface area (Å²) < 4.78 is 4.99. The minimum atomic E-state index is -1.45. The maximum Gasteiger partial charge on any atom is 0.143 e. The number of hydrogen-bond acceptors (Lipinski definition) is 6. The summed E-state index contributed by atoms with van der Waals surface area (Å²) in [5.41, 5.74) is 4.03. The zero-order chi connectivity index (χ0) is 10.2. The number of hydrogen-bond donors (Lipinski definition) is 5. The first-order valence-corrected chi connectivity index (χ1v) is 4.02. The van der Waals surface area contributed by atoms with Gasteiger partial charge >= 0.3 is 0 Å². The Labute approximate surface area is 75.6 Å². The summed E-state index contributed by atoms with van der Waals surface area (Å²) in [6.45, 7) is 0.910. The third kappa shape index (κ3) is 1.83. The predicted molar refractivity (Wildman–Crippen MR) is 42.6 cm³/mol. The van der Waals surface area contributed by atoms with Crippen LogP contribution in [-0.2, 0) is 4.74 Å². The molecule has 1 heterocycles.